The van der Waals surface area contributed by atoms with E-state index in [1.807, 2.05) is 31.2 Å². The molecule has 2 nitrogen and oxygen atoms in total. The highest BCUT2D eigenvalue weighted by Gasteiger charge is 2.13. The van der Waals surface area contributed by atoms with Gasteiger partial charge in [-0.2, -0.15) is 0 Å². The van der Waals surface area contributed by atoms with Crippen LogP contribution in [0.15, 0.2) is 53.0 Å². The minimum atomic E-state index is -0.499. The molecule has 0 bridgehead atoms. The number of hydrogen-bond acceptors (Lipinski definition) is 1. The third kappa shape index (κ3) is 3.90. The van der Waals surface area contributed by atoms with Crippen molar-refractivity contribution in [2.75, 3.05) is 0 Å². The first-order chi connectivity index (χ1) is 9.56. The Morgan fingerprint density at radius 1 is 1.20 bits per heavy atom. The van der Waals surface area contributed by atoms with E-state index in [0.29, 0.717) is 6.42 Å². The summed E-state index contributed by atoms with van der Waals surface area (Å²) in [5, 5.41) is 2.81. The van der Waals surface area contributed by atoms with Gasteiger partial charge in [0.15, 0.2) is 0 Å². The van der Waals surface area contributed by atoms with Gasteiger partial charge in [0, 0.05) is 10.5 Å². The standard InChI is InChI=1S/C16H15BrFNO/c1-11(10-12-6-8-13(17)9-7-12)19-16(20)14-4-2-3-5-15(14)18/h2-9,11H,10H2,1H3,(H,19,20). The van der Waals surface area contributed by atoms with Gasteiger partial charge in [-0.3, -0.25) is 4.79 Å². The van der Waals surface area contributed by atoms with Crippen molar-refractivity contribution in [1.82, 2.24) is 5.32 Å². The van der Waals surface area contributed by atoms with E-state index < -0.39 is 5.82 Å². The molecule has 0 aliphatic heterocycles. The molecule has 4 heteroatoms. The van der Waals surface area contributed by atoms with Crippen LogP contribution in [0.1, 0.15) is 22.8 Å². The second-order valence-electron chi connectivity index (χ2n) is 4.68. The third-order valence-corrected chi connectivity index (χ3v) is 3.48. The lowest BCUT2D eigenvalue weighted by molar-refractivity contribution is 0.0936. The Bertz CT molecular complexity index is 598. The minimum Gasteiger partial charge on any atom is -0.349 e. The molecule has 0 heterocycles. The summed E-state index contributed by atoms with van der Waals surface area (Å²) in [6.45, 7) is 1.90. The van der Waals surface area contributed by atoms with Gasteiger partial charge in [0.2, 0.25) is 0 Å². The molecule has 0 aliphatic carbocycles. The average Bonchev–Trinajstić information content (AvgIpc) is 2.41. The Labute approximate surface area is 126 Å². The Balaban J connectivity index is 1.98. The fourth-order valence-electron chi connectivity index (χ4n) is 1.97. The molecule has 2 aromatic rings. The number of rotatable bonds is 4. The predicted octanol–water partition coefficient (Wildman–Crippen LogP) is 3.95. The molecule has 0 fully saturated rings. The molecule has 0 spiro atoms. The molecule has 2 aromatic carbocycles. The van der Waals surface area contributed by atoms with Crippen molar-refractivity contribution in [3.05, 3.63) is 69.9 Å². The first kappa shape index (κ1) is 14.7. The lowest BCUT2D eigenvalue weighted by atomic mass is 10.1. The molecular weight excluding hydrogens is 321 g/mol. The van der Waals surface area contributed by atoms with Crippen LogP contribution in [-0.4, -0.2) is 11.9 Å². The topological polar surface area (TPSA) is 29.1 Å². The van der Waals surface area contributed by atoms with Crippen LogP contribution in [0.5, 0.6) is 0 Å². The summed E-state index contributed by atoms with van der Waals surface area (Å²) in [6.07, 6.45) is 0.702. The highest BCUT2D eigenvalue weighted by Crippen LogP contribution is 2.12. The zero-order valence-corrected chi connectivity index (χ0v) is 12.7. The largest absolute Gasteiger partial charge is 0.349 e. The van der Waals surface area contributed by atoms with Crippen molar-refractivity contribution < 1.29 is 9.18 Å². The lowest BCUT2D eigenvalue weighted by Gasteiger charge is -2.14. The first-order valence-corrected chi connectivity index (χ1v) is 7.15. The van der Waals surface area contributed by atoms with Crippen LogP contribution < -0.4 is 5.32 Å². The Kier molecular flexibility index (Phi) is 4.90. The quantitative estimate of drug-likeness (QED) is 0.900. The second-order valence-corrected chi connectivity index (χ2v) is 5.60. The fraction of sp³-hybridized carbons (Fsp3) is 0.188. The van der Waals surface area contributed by atoms with Gasteiger partial charge in [-0.25, -0.2) is 4.39 Å². The summed E-state index contributed by atoms with van der Waals surface area (Å²) >= 11 is 3.38. The molecule has 104 valence electrons. The number of carbonyl (C=O) groups is 1. The van der Waals surface area contributed by atoms with Crippen molar-refractivity contribution in [2.45, 2.75) is 19.4 Å². The van der Waals surface area contributed by atoms with Crippen LogP contribution in [0, 0.1) is 5.82 Å². The van der Waals surface area contributed by atoms with Crippen molar-refractivity contribution in [1.29, 1.82) is 0 Å². The van der Waals surface area contributed by atoms with E-state index in [-0.39, 0.29) is 17.5 Å². The van der Waals surface area contributed by atoms with Crippen LogP contribution >= 0.6 is 15.9 Å². The number of hydrogen-bond donors (Lipinski definition) is 1. The second kappa shape index (κ2) is 6.66. The summed E-state index contributed by atoms with van der Waals surface area (Å²) in [6, 6.07) is 13.8. The highest BCUT2D eigenvalue weighted by molar-refractivity contribution is 9.10. The van der Waals surface area contributed by atoms with Gasteiger partial charge >= 0.3 is 0 Å². The zero-order valence-electron chi connectivity index (χ0n) is 11.1. The van der Waals surface area contributed by atoms with E-state index in [2.05, 4.69) is 21.2 Å². The number of amides is 1. The first-order valence-electron chi connectivity index (χ1n) is 6.36. The van der Waals surface area contributed by atoms with Crippen LogP contribution in [-0.2, 0) is 6.42 Å². The summed E-state index contributed by atoms with van der Waals surface area (Å²) < 4.78 is 14.5. The molecule has 20 heavy (non-hydrogen) atoms. The Morgan fingerprint density at radius 3 is 2.50 bits per heavy atom. The van der Waals surface area contributed by atoms with E-state index >= 15 is 0 Å². The SMILES string of the molecule is CC(Cc1ccc(Br)cc1)NC(=O)c1ccccc1F. The molecule has 0 saturated carbocycles. The highest BCUT2D eigenvalue weighted by atomic mass is 79.9. The minimum absolute atomic E-state index is 0.0664. The summed E-state index contributed by atoms with van der Waals surface area (Å²) in [4.78, 5) is 12.0. The van der Waals surface area contributed by atoms with Crippen molar-refractivity contribution in [3.63, 3.8) is 0 Å². The van der Waals surface area contributed by atoms with Gasteiger partial charge in [0.1, 0.15) is 5.82 Å². The van der Waals surface area contributed by atoms with Crippen LogP contribution in [0.25, 0.3) is 0 Å². The molecular formula is C16H15BrFNO. The zero-order chi connectivity index (χ0) is 14.5. The molecule has 1 atom stereocenters. The van der Waals surface area contributed by atoms with Gasteiger partial charge in [-0.05, 0) is 43.2 Å². The normalized spacial score (nSPS) is 11.9. The van der Waals surface area contributed by atoms with Crippen LogP contribution in [0.3, 0.4) is 0 Å². The van der Waals surface area contributed by atoms with Gasteiger partial charge in [-0.15, -0.1) is 0 Å². The average molecular weight is 336 g/mol. The molecule has 0 saturated heterocycles. The maximum absolute atomic E-state index is 13.5. The predicted molar refractivity (Wildman–Crippen MR) is 81.2 cm³/mol. The van der Waals surface area contributed by atoms with E-state index in [1.54, 1.807) is 12.1 Å². The van der Waals surface area contributed by atoms with Gasteiger partial charge < -0.3 is 5.32 Å². The molecule has 1 N–H and O–H groups in total. The van der Waals surface area contributed by atoms with Crippen molar-refractivity contribution in [2.24, 2.45) is 0 Å². The third-order valence-electron chi connectivity index (χ3n) is 2.95. The van der Waals surface area contributed by atoms with E-state index in [1.165, 1.54) is 12.1 Å². The van der Waals surface area contributed by atoms with Gasteiger partial charge in [-0.1, -0.05) is 40.2 Å². The monoisotopic (exact) mass is 335 g/mol. The van der Waals surface area contributed by atoms with Gasteiger partial charge in [0.05, 0.1) is 5.56 Å². The molecule has 0 aromatic heterocycles. The fourth-order valence-corrected chi connectivity index (χ4v) is 2.24. The van der Waals surface area contributed by atoms with Crippen LogP contribution in [0.2, 0.25) is 0 Å². The molecule has 1 amide bonds. The van der Waals surface area contributed by atoms with E-state index in [9.17, 15) is 9.18 Å². The molecule has 1 unspecified atom stereocenters. The summed E-state index contributed by atoms with van der Waals surface area (Å²) in [7, 11) is 0. The molecule has 0 aliphatic rings. The van der Waals surface area contributed by atoms with E-state index in [4.69, 9.17) is 0 Å². The smallest absolute Gasteiger partial charge is 0.254 e. The summed E-state index contributed by atoms with van der Waals surface area (Å²) in [5.41, 5.74) is 1.20. The molecule has 2 rings (SSSR count). The Hall–Kier alpha value is -1.68. The number of nitrogens with one attached hydrogen (secondary N) is 1. The van der Waals surface area contributed by atoms with Crippen molar-refractivity contribution in [3.8, 4) is 0 Å². The Morgan fingerprint density at radius 2 is 1.85 bits per heavy atom. The lowest BCUT2D eigenvalue weighted by Crippen LogP contribution is -2.34. The number of benzene rings is 2. The number of halogens is 2. The van der Waals surface area contributed by atoms with E-state index in [0.717, 1.165) is 10.0 Å². The van der Waals surface area contributed by atoms with Crippen molar-refractivity contribution >= 4 is 21.8 Å². The van der Waals surface area contributed by atoms with Crippen LogP contribution in [0.4, 0.5) is 4.39 Å². The maximum atomic E-state index is 13.5. The maximum Gasteiger partial charge on any atom is 0.254 e. The molecule has 0 radical (unpaired) electrons. The summed E-state index contributed by atoms with van der Waals surface area (Å²) in [5.74, 6) is -0.881. The number of carbonyl (C=O) groups excluding carboxylic acids is 1. The van der Waals surface area contributed by atoms with Gasteiger partial charge in [0.25, 0.3) is 5.91 Å².